The Labute approximate surface area is 172 Å². The minimum absolute atomic E-state index is 0.138. The predicted octanol–water partition coefficient (Wildman–Crippen LogP) is -1.62. The topological polar surface area (TPSA) is 157 Å². The lowest BCUT2D eigenvalue weighted by atomic mass is 10.2. The number of benzene rings is 1. The Kier molecular flexibility index (Phi) is 10.4. The van der Waals surface area contributed by atoms with Crippen molar-refractivity contribution in [2.45, 2.75) is 12.1 Å². The van der Waals surface area contributed by atoms with Crippen LogP contribution in [0.3, 0.4) is 0 Å². The first-order chi connectivity index (χ1) is 13.3. The van der Waals surface area contributed by atoms with E-state index >= 15 is 0 Å². The fourth-order valence-corrected chi connectivity index (χ4v) is 2.18. The van der Waals surface area contributed by atoms with Crippen LogP contribution in [0.4, 0.5) is 11.4 Å². The molecule has 0 saturated heterocycles. The molecule has 154 valence electrons. The van der Waals surface area contributed by atoms with E-state index in [1.54, 1.807) is 6.07 Å². The third-order valence-corrected chi connectivity index (χ3v) is 3.93. The fraction of sp³-hybridized carbons (Fsp3) is 0.375. The fourth-order valence-electron chi connectivity index (χ4n) is 2.00. The van der Waals surface area contributed by atoms with Crippen LogP contribution in [-0.4, -0.2) is 70.6 Å². The van der Waals surface area contributed by atoms with Crippen LogP contribution in [0.25, 0.3) is 0 Å². The molecule has 2 atom stereocenters. The molecule has 10 nitrogen and oxygen atoms in total. The molecule has 0 spiro atoms. The minimum atomic E-state index is -1.16. The van der Waals surface area contributed by atoms with E-state index in [0.717, 1.165) is 0 Å². The summed E-state index contributed by atoms with van der Waals surface area (Å²) in [6.07, 6.45) is 0. The van der Waals surface area contributed by atoms with Crippen LogP contribution in [0.15, 0.2) is 24.3 Å². The molecular formula is C16H22N4O6S2. The van der Waals surface area contributed by atoms with Crippen molar-refractivity contribution in [2.75, 3.05) is 35.4 Å². The Hall–Kier alpha value is -2.28. The molecule has 1 aromatic carbocycles. The second-order valence-corrected chi connectivity index (χ2v) is 6.11. The smallest absolute Gasteiger partial charge is 0.249 e. The van der Waals surface area contributed by atoms with Crippen LogP contribution < -0.4 is 21.3 Å². The van der Waals surface area contributed by atoms with E-state index in [0.29, 0.717) is 11.4 Å². The minimum Gasteiger partial charge on any atom is -0.394 e. The van der Waals surface area contributed by atoms with Gasteiger partial charge in [0.15, 0.2) is 0 Å². The third kappa shape index (κ3) is 7.76. The summed E-state index contributed by atoms with van der Waals surface area (Å²) in [6, 6.07) is 3.73. The molecule has 1 aromatic rings. The van der Waals surface area contributed by atoms with Crippen LogP contribution in [0.2, 0.25) is 0 Å². The van der Waals surface area contributed by atoms with E-state index in [2.05, 4.69) is 46.5 Å². The molecule has 4 amide bonds. The SMILES string of the molecule is O=C(CS)NC(CO)C(=O)Nc1cccc(NC(=O)C(CO)NC(=O)CS)c1. The molecule has 0 heterocycles. The second-order valence-electron chi connectivity index (χ2n) is 5.48. The quantitative estimate of drug-likeness (QED) is 0.209. The molecule has 0 aliphatic rings. The lowest BCUT2D eigenvalue weighted by Crippen LogP contribution is -2.47. The molecule has 0 aliphatic carbocycles. The van der Waals surface area contributed by atoms with Gasteiger partial charge in [0.05, 0.1) is 24.7 Å². The lowest BCUT2D eigenvalue weighted by Gasteiger charge is -2.17. The highest BCUT2D eigenvalue weighted by atomic mass is 32.1. The molecule has 6 N–H and O–H groups in total. The van der Waals surface area contributed by atoms with Crippen LogP contribution in [-0.2, 0) is 19.2 Å². The van der Waals surface area contributed by atoms with E-state index in [4.69, 9.17) is 0 Å². The van der Waals surface area contributed by atoms with Gasteiger partial charge in [-0.05, 0) is 18.2 Å². The Morgan fingerprint density at radius 1 is 0.821 bits per heavy atom. The first kappa shape index (κ1) is 23.8. The van der Waals surface area contributed by atoms with E-state index in [1.165, 1.54) is 18.2 Å². The van der Waals surface area contributed by atoms with Gasteiger partial charge in [-0.2, -0.15) is 25.3 Å². The van der Waals surface area contributed by atoms with Crippen molar-refractivity contribution in [1.29, 1.82) is 0 Å². The Bertz CT molecular complexity index is 663. The van der Waals surface area contributed by atoms with Crippen molar-refractivity contribution in [1.82, 2.24) is 10.6 Å². The number of thiol groups is 2. The molecule has 1 rings (SSSR count). The Morgan fingerprint density at radius 2 is 1.21 bits per heavy atom. The molecule has 0 aromatic heterocycles. The molecule has 12 heteroatoms. The van der Waals surface area contributed by atoms with Gasteiger partial charge >= 0.3 is 0 Å². The number of carbonyl (C=O) groups is 4. The molecule has 0 fully saturated rings. The highest BCUT2D eigenvalue weighted by Gasteiger charge is 2.21. The van der Waals surface area contributed by atoms with Gasteiger partial charge in [-0.3, -0.25) is 19.2 Å². The van der Waals surface area contributed by atoms with Gasteiger partial charge in [-0.15, -0.1) is 0 Å². The second kappa shape index (κ2) is 12.2. The van der Waals surface area contributed by atoms with Crippen molar-refractivity contribution in [2.24, 2.45) is 0 Å². The monoisotopic (exact) mass is 430 g/mol. The Balaban J connectivity index is 2.77. The first-order valence-corrected chi connectivity index (χ1v) is 9.35. The number of amides is 4. The number of aliphatic hydroxyl groups is 2. The summed E-state index contributed by atoms with van der Waals surface area (Å²) in [6.45, 7) is -1.21. The molecule has 0 radical (unpaired) electrons. The number of nitrogens with one attached hydrogen (secondary N) is 4. The number of aliphatic hydroxyl groups excluding tert-OH is 2. The van der Waals surface area contributed by atoms with Crippen LogP contribution in [0.5, 0.6) is 0 Å². The van der Waals surface area contributed by atoms with Gasteiger partial charge in [0.25, 0.3) is 0 Å². The van der Waals surface area contributed by atoms with Gasteiger partial charge < -0.3 is 31.5 Å². The van der Waals surface area contributed by atoms with Crippen LogP contribution in [0.1, 0.15) is 0 Å². The van der Waals surface area contributed by atoms with Gasteiger partial charge in [0.2, 0.25) is 23.6 Å². The molecule has 2 unspecified atom stereocenters. The summed E-state index contributed by atoms with van der Waals surface area (Å²) in [5, 5.41) is 28.1. The zero-order chi connectivity index (χ0) is 21.1. The molecule has 28 heavy (non-hydrogen) atoms. The van der Waals surface area contributed by atoms with E-state index in [-0.39, 0.29) is 11.5 Å². The number of anilines is 2. The summed E-state index contributed by atoms with van der Waals surface area (Å²) in [5.74, 6) is -2.62. The summed E-state index contributed by atoms with van der Waals surface area (Å²) in [7, 11) is 0. The standard InChI is InChI=1S/C16H22N4O6S2/c21-5-11(19-13(23)7-27)15(25)17-9-2-1-3-10(4-9)18-16(26)12(6-22)20-14(24)8-28/h1-4,11-12,21-22,27-28H,5-8H2,(H,17,25)(H,18,26)(H,19,23)(H,20,24). The Morgan fingerprint density at radius 3 is 1.54 bits per heavy atom. The largest absolute Gasteiger partial charge is 0.394 e. The van der Waals surface area contributed by atoms with Crippen molar-refractivity contribution >= 4 is 60.3 Å². The molecule has 0 aliphatic heterocycles. The van der Waals surface area contributed by atoms with E-state index in [9.17, 15) is 29.4 Å². The van der Waals surface area contributed by atoms with Crippen molar-refractivity contribution < 1.29 is 29.4 Å². The number of carbonyl (C=O) groups excluding carboxylic acids is 4. The molecular weight excluding hydrogens is 408 g/mol. The molecule has 0 bridgehead atoms. The first-order valence-electron chi connectivity index (χ1n) is 8.08. The van der Waals surface area contributed by atoms with Gasteiger partial charge in [0, 0.05) is 11.4 Å². The van der Waals surface area contributed by atoms with Crippen LogP contribution in [0, 0.1) is 0 Å². The maximum atomic E-state index is 12.2. The highest BCUT2D eigenvalue weighted by molar-refractivity contribution is 7.81. The normalized spacial score (nSPS) is 12.4. The highest BCUT2D eigenvalue weighted by Crippen LogP contribution is 2.15. The number of rotatable bonds is 10. The van der Waals surface area contributed by atoms with Crippen molar-refractivity contribution in [3.05, 3.63) is 24.3 Å². The maximum absolute atomic E-state index is 12.2. The third-order valence-electron chi connectivity index (χ3n) is 3.35. The zero-order valence-corrected chi connectivity index (χ0v) is 16.5. The van der Waals surface area contributed by atoms with E-state index in [1.807, 2.05) is 0 Å². The maximum Gasteiger partial charge on any atom is 0.249 e. The molecule has 0 saturated carbocycles. The lowest BCUT2D eigenvalue weighted by molar-refractivity contribution is -0.125. The average molecular weight is 431 g/mol. The van der Waals surface area contributed by atoms with Gasteiger partial charge in [0.1, 0.15) is 12.1 Å². The van der Waals surface area contributed by atoms with Gasteiger partial charge in [-0.25, -0.2) is 0 Å². The van der Waals surface area contributed by atoms with Crippen molar-refractivity contribution in [3.8, 4) is 0 Å². The zero-order valence-electron chi connectivity index (χ0n) is 14.7. The van der Waals surface area contributed by atoms with Crippen LogP contribution >= 0.6 is 25.3 Å². The number of hydrogen-bond donors (Lipinski definition) is 8. The average Bonchev–Trinajstić information content (AvgIpc) is 2.69. The number of hydrogen-bond acceptors (Lipinski definition) is 8. The summed E-state index contributed by atoms with van der Waals surface area (Å²) in [4.78, 5) is 46.9. The van der Waals surface area contributed by atoms with Crippen molar-refractivity contribution in [3.63, 3.8) is 0 Å². The predicted molar refractivity (Wildman–Crippen MR) is 109 cm³/mol. The summed E-state index contributed by atoms with van der Waals surface area (Å²) in [5.41, 5.74) is 0.586. The summed E-state index contributed by atoms with van der Waals surface area (Å²) < 4.78 is 0. The van der Waals surface area contributed by atoms with E-state index < -0.39 is 48.9 Å². The van der Waals surface area contributed by atoms with Gasteiger partial charge in [-0.1, -0.05) is 6.07 Å². The summed E-state index contributed by atoms with van der Waals surface area (Å²) >= 11 is 7.56.